The highest BCUT2D eigenvalue weighted by atomic mass is 32.1. The van der Waals surface area contributed by atoms with Crippen LogP contribution in [0.25, 0.3) is 0 Å². The summed E-state index contributed by atoms with van der Waals surface area (Å²) in [5.74, 6) is 0.677. The summed E-state index contributed by atoms with van der Waals surface area (Å²) in [5.41, 5.74) is 6.41. The molecule has 5 heteroatoms. The molecule has 1 aliphatic carbocycles. The molecular formula is C13H19N3OS. The van der Waals surface area contributed by atoms with Crippen LogP contribution < -0.4 is 11.1 Å². The number of hydrogen-bond acceptors (Lipinski definition) is 4. The van der Waals surface area contributed by atoms with Crippen LogP contribution >= 0.6 is 12.2 Å². The summed E-state index contributed by atoms with van der Waals surface area (Å²) in [7, 11) is 0. The maximum Gasteiger partial charge on any atom is 0.136 e. The van der Waals surface area contributed by atoms with Crippen LogP contribution in [0, 0.1) is 0 Å². The zero-order chi connectivity index (χ0) is 13.0. The average Bonchev–Trinajstić information content (AvgIpc) is 2.55. The predicted molar refractivity (Wildman–Crippen MR) is 76.6 cm³/mol. The van der Waals surface area contributed by atoms with E-state index in [9.17, 15) is 5.11 Å². The van der Waals surface area contributed by atoms with Crippen LogP contribution in [-0.4, -0.2) is 27.2 Å². The maximum atomic E-state index is 10.1. The van der Waals surface area contributed by atoms with Crippen molar-refractivity contribution in [1.29, 1.82) is 0 Å². The van der Waals surface area contributed by atoms with E-state index in [2.05, 4.69) is 10.3 Å². The summed E-state index contributed by atoms with van der Waals surface area (Å²) in [6.07, 6.45) is 6.57. The molecule has 0 bridgehead atoms. The van der Waals surface area contributed by atoms with Crippen molar-refractivity contribution in [2.75, 3.05) is 5.32 Å². The lowest BCUT2D eigenvalue weighted by Crippen LogP contribution is -2.33. The second-order valence-corrected chi connectivity index (χ2v) is 5.16. The van der Waals surface area contributed by atoms with E-state index in [4.69, 9.17) is 18.0 Å². The second kappa shape index (κ2) is 6.11. The first-order chi connectivity index (χ1) is 8.68. The predicted octanol–water partition coefficient (Wildman–Crippen LogP) is 1.82. The molecule has 0 aromatic carbocycles. The minimum Gasteiger partial charge on any atom is -0.391 e. The number of nitrogens with two attached hydrogens (primary N) is 1. The van der Waals surface area contributed by atoms with Crippen LogP contribution in [0.4, 0.5) is 5.82 Å². The van der Waals surface area contributed by atoms with E-state index < -0.39 is 0 Å². The molecule has 1 aromatic rings. The molecule has 1 heterocycles. The van der Waals surface area contributed by atoms with Gasteiger partial charge in [0, 0.05) is 6.20 Å². The molecule has 98 valence electrons. The molecule has 1 saturated carbocycles. The van der Waals surface area contributed by atoms with E-state index in [0.717, 1.165) is 31.2 Å². The van der Waals surface area contributed by atoms with Crippen molar-refractivity contribution < 1.29 is 5.11 Å². The first kappa shape index (κ1) is 13.2. The Kier molecular flexibility index (Phi) is 4.49. The lowest BCUT2D eigenvalue weighted by Gasteiger charge is -2.23. The number of nitrogens with one attached hydrogen (secondary N) is 1. The lowest BCUT2D eigenvalue weighted by atomic mass is 10.1. The molecule has 1 aromatic heterocycles. The van der Waals surface area contributed by atoms with Gasteiger partial charge in [-0.25, -0.2) is 4.98 Å². The third kappa shape index (κ3) is 3.17. The molecule has 4 nitrogen and oxygen atoms in total. The van der Waals surface area contributed by atoms with E-state index in [1.54, 1.807) is 6.20 Å². The van der Waals surface area contributed by atoms with Crippen LogP contribution in [0.2, 0.25) is 0 Å². The Morgan fingerprint density at radius 2 is 2.17 bits per heavy atom. The van der Waals surface area contributed by atoms with E-state index in [-0.39, 0.29) is 12.1 Å². The molecule has 0 saturated heterocycles. The number of nitrogens with zero attached hydrogens (tertiary/aromatic N) is 1. The standard InChI is InChI=1S/C13H19N3OS/c14-12(18)9-5-4-8-15-13(9)16-10-6-2-1-3-7-11(10)17/h4-5,8,10-11,17H,1-3,6-7H2,(H2,14,18)(H,15,16). The number of hydrogen-bond donors (Lipinski definition) is 3. The molecule has 4 N–H and O–H groups in total. The van der Waals surface area contributed by atoms with Crippen molar-refractivity contribution in [1.82, 2.24) is 4.98 Å². The van der Waals surface area contributed by atoms with Crippen LogP contribution in [-0.2, 0) is 0 Å². The van der Waals surface area contributed by atoms with Crippen molar-refractivity contribution in [2.24, 2.45) is 5.73 Å². The van der Waals surface area contributed by atoms with Gasteiger partial charge in [-0.15, -0.1) is 0 Å². The summed E-state index contributed by atoms with van der Waals surface area (Å²) in [6.45, 7) is 0. The highest BCUT2D eigenvalue weighted by Gasteiger charge is 2.22. The van der Waals surface area contributed by atoms with Gasteiger partial charge < -0.3 is 16.2 Å². The zero-order valence-electron chi connectivity index (χ0n) is 10.3. The highest BCUT2D eigenvalue weighted by Crippen LogP contribution is 2.22. The van der Waals surface area contributed by atoms with Crippen molar-refractivity contribution >= 4 is 23.0 Å². The van der Waals surface area contributed by atoms with E-state index >= 15 is 0 Å². The van der Waals surface area contributed by atoms with Crippen molar-refractivity contribution in [3.05, 3.63) is 23.9 Å². The summed E-state index contributed by atoms with van der Waals surface area (Å²) in [5, 5.41) is 13.4. The first-order valence-corrected chi connectivity index (χ1v) is 6.78. The molecule has 0 spiro atoms. The highest BCUT2D eigenvalue weighted by molar-refractivity contribution is 7.80. The number of rotatable bonds is 3. The number of aromatic nitrogens is 1. The van der Waals surface area contributed by atoms with Gasteiger partial charge in [0.1, 0.15) is 10.8 Å². The van der Waals surface area contributed by atoms with E-state index in [1.165, 1.54) is 6.42 Å². The third-order valence-corrected chi connectivity index (χ3v) is 3.59. The van der Waals surface area contributed by atoms with Crippen LogP contribution in [0.3, 0.4) is 0 Å². The Labute approximate surface area is 113 Å². The number of pyridine rings is 1. The van der Waals surface area contributed by atoms with Gasteiger partial charge in [0.15, 0.2) is 0 Å². The van der Waals surface area contributed by atoms with E-state index in [0.29, 0.717) is 10.8 Å². The fraction of sp³-hybridized carbons (Fsp3) is 0.538. The smallest absolute Gasteiger partial charge is 0.136 e. The monoisotopic (exact) mass is 265 g/mol. The molecular weight excluding hydrogens is 246 g/mol. The van der Waals surface area contributed by atoms with Crippen molar-refractivity contribution in [3.8, 4) is 0 Å². The second-order valence-electron chi connectivity index (χ2n) is 4.72. The lowest BCUT2D eigenvalue weighted by molar-refractivity contribution is 0.144. The quantitative estimate of drug-likeness (QED) is 0.574. The van der Waals surface area contributed by atoms with Crippen molar-refractivity contribution in [2.45, 2.75) is 44.2 Å². The molecule has 2 atom stereocenters. The van der Waals surface area contributed by atoms with Crippen molar-refractivity contribution in [3.63, 3.8) is 0 Å². The molecule has 1 aliphatic rings. The van der Waals surface area contributed by atoms with E-state index in [1.807, 2.05) is 12.1 Å². The molecule has 0 aliphatic heterocycles. The Balaban J connectivity index is 2.14. The molecule has 1 fully saturated rings. The zero-order valence-corrected chi connectivity index (χ0v) is 11.1. The Bertz CT molecular complexity index is 424. The molecule has 0 radical (unpaired) electrons. The Morgan fingerprint density at radius 1 is 1.39 bits per heavy atom. The number of thiocarbonyl (C=S) groups is 1. The maximum absolute atomic E-state index is 10.1. The summed E-state index contributed by atoms with van der Waals surface area (Å²) < 4.78 is 0. The van der Waals surface area contributed by atoms with Crippen LogP contribution in [0.15, 0.2) is 18.3 Å². The molecule has 18 heavy (non-hydrogen) atoms. The van der Waals surface area contributed by atoms with Gasteiger partial charge in [-0.1, -0.05) is 31.5 Å². The first-order valence-electron chi connectivity index (χ1n) is 6.38. The topological polar surface area (TPSA) is 71.2 Å². The average molecular weight is 265 g/mol. The molecule has 0 amide bonds. The van der Waals surface area contributed by atoms with Gasteiger partial charge in [0.2, 0.25) is 0 Å². The SMILES string of the molecule is NC(=S)c1cccnc1NC1CCCCCC1O. The fourth-order valence-corrected chi connectivity index (χ4v) is 2.52. The van der Waals surface area contributed by atoms with Crippen LogP contribution in [0.5, 0.6) is 0 Å². The molecule has 2 rings (SSSR count). The minimum absolute atomic E-state index is 0.0375. The number of aliphatic hydroxyl groups excluding tert-OH is 1. The van der Waals surface area contributed by atoms with Crippen LogP contribution in [0.1, 0.15) is 37.7 Å². The normalized spacial score (nSPS) is 24.3. The summed E-state index contributed by atoms with van der Waals surface area (Å²) in [4.78, 5) is 4.60. The van der Waals surface area contributed by atoms with Gasteiger partial charge in [-0.05, 0) is 25.0 Å². The summed E-state index contributed by atoms with van der Waals surface area (Å²) in [6, 6.07) is 3.69. The van der Waals surface area contributed by atoms with Gasteiger partial charge >= 0.3 is 0 Å². The Hall–Kier alpha value is -1.20. The largest absolute Gasteiger partial charge is 0.391 e. The number of anilines is 1. The third-order valence-electron chi connectivity index (χ3n) is 3.37. The number of aliphatic hydroxyl groups is 1. The Morgan fingerprint density at radius 3 is 2.94 bits per heavy atom. The fourth-order valence-electron chi connectivity index (χ4n) is 2.35. The van der Waals surface area contributed by atoms with Gasteiger partial charge in [-0.2, -0.15) is 0 Å². The minimum atomic E-state index is -0.325. The van der Waals surface area contributed by atoms with Gasteiger partial charge in [0.25, 0.3) is 0 Å². The van der Waals surface area contributed by atoms with Gasteiger partial charge in [-0.3, -0.25) is 0 Å². The van der Waals surface area contributed by atoms with Gasteiger partial charge in [0.05, 0.1) is 17.7 Å². The molecule has 2 unspecified atom stereocenters. The summed E-state index contributed by atoms with van der Waals surface area (Å²) >= 11 is 5.01.